The van der Waals surface area contributed by atoms with E-state index in [1.165, 1.54) is 0 Å². The zero-order valence-corrected chi connectivity index (χ0v) is 13.7. The summed E-state index contributed by atoms with van der Waals surface area (Å²) in [4.78, 5) is 0. The summed E-state index contributed by atoms with van der Waals surface area (Å²) < 4.78 is 21.5. The Bertz CT molecular complexity index is 787. The Morgan fingerprint density at radius 2 is 1.83 bits per heavy atom. The maximum absolute atomic E-state index is 14.4. The molecule has 120 valence electrons. The first-order valence-electron chi connectivity index (χ1n) is 7.73. The van der Waals surface area contributed by atoms with Crippen molar-refractivity contribution < 1.29 is 9.13 Å². The van der Waals surface area contributed by atoms with Crippen LogP contribution in [0.25, 0.3) is 10.9 Å². The van der Waals surface area contributed by atoms with Crippen LogP contribution in [0.2, 0.25) is 0 Å². The second-order valence-corrected chi connectivity index (χ2v) is 6.36. The highest BCUT2D eigenvalue weighted by Crippen LogP contribution is 2.32. The minimum atomic E-state index is -1.29. The third-order valence-corrected chi connectivity index (χ3v) is 3.98. The molecule has 3 nitrogen and oxygen atoms in total. The second-order valence-electron chi connectivity index (χ2n) is 6.36. The number of ether oxygens (including phenoxy) is 1. The number of hydrogen-bond donors (Lipinski definition) is 0. The molecule has 1 atom stereocenters. The van der Waals surface area contributed by atoms with Crippen LogP contribution in [-0.4, -0.2) is 22.6 Å². The fourth-order valence-electron chi connectivity index (χ4n) is 2.87. The van der Waals surface area contributed by atoms with Gasteiger partial charge < -0.3 is 4.74 Å². The van der Waals surface area contributed by atoms with Gasteiger partial charge in [-0.1, -0.05) is 30.3 Å². The summed E-state index contributed by atoms with van der Waals surface area (Å²) in [5, 5.41) is 5.58. The van der Waals surface area contributed by atoms with E-state index in [0.717, 1.165) is 22.2 Å². The fourth-order valence-corrected chi connectivity index (χ4v) is 2.87. The lowest BCUT2D eigenvalue weighted by molar-refractivity contribution is 0.177. The molecular weight excluding hydrogens is 291 g/mol. The molecule has 1 aromatic heterocycles. The summed E-state index contributed by atoms with van der Waals surface area (Å²) in [7, 11) is 1.64. The van der Waals surface area contributed by atoms with Crippen LogP contribution in [-0.2, 0) is 0 Å². The van der Waals surface area contributed by atoms with Crippen molar-refractivity contribution in [3.63, 3.8) is 0 Å². The number of alkyl halides is 1. The second kappa shape index (κ2) is 6.03. The van der Waals surface area contributed by atoms with E-state index >= 15 is 0 Å². The summed E-state index contributed by atoms with van der Waals surface area (Å²) in [6, 6.07) is 15.6. The Morgan fingerprint density at radius 1 is 1.13 bits per heavy atom. The van der Waals surface area contributed by atoms with Crippen LogP contribution < -0.4 is 4.74 Å². The minimum Gasteiger partial charge on any atom is -0.497 e. The van der Waals surface area contributed by atoms with Crippen molar-refractivity contribution in [1.82, 2.24) is 9.78 Å². The van der Waals surface area contributed by atoms with Gasteiger partial charge in [-0.05, 0) is 37.6 Å². The van der Waals surface area contributed by atoms with Crippen molar-refractivity contribution in [3.05, 3.63) is 60.3 Å². The summed E-state index contributed by atoms with van der Waals surface area (Å²) in [6.07, 6.45) is 2.18. The lowest BCUT2D eigenvalue weighted by Gasteiger charge is -2.25. The third kappa shape index (κ3) is 3.36. The van der Waals surface area contributed by atoms with Crippen LogP contribution in [0.1, 0.15) is 31.9 Å². The van der Waals surface area contributed by atoms with Gasteiger partial charge in [0.05, 0.1) is 24.9 Å². The first-order chi connectivity index (χ1) is 11.0. The van der Waals surface area contributed by atoms with E-state index in [9.17, 15) is 4.39 Å². The predicted molar refractivity (Wildman–Crippen MR) is 90.7 cm³/mol. The molecule has 0 aliphatic rings. The van der Waals surface area contributed by atoms with Crippen LogP contribution in [0.3, 0.4) is 0 Å². The van der Waals surface area contributed by atoms with E-state index in [1.54, 1.807) is 21.0 Å². The van der Waals surface area contributed by atoms with Gasteiger partial charge in [-0.2, -0.15) is 5.10 Å². The van der Waals surface area contributed by atoms with Gasteiger partial charge in [0, 0.05) is 11.8 Å². The summed E-state index contributed by atoms with van der Waals surface area (Å²) in [6.45, 7) is 3.21. The minimum absolute atomic E-state index is 0.166. The maximum Gasteiger partial charge on any atom is 0.118 e. The molecule has 1 heterocycles. The highest BCUT2D eigenvalue weighted by atomic mass is 19.1. The predicted octanol–water partition coefficient (Wildman–Crippen LogP) is 4.77. The number of hydrogen-bond acceptors (Lipinski definition) is 2. The number of benzene rings is 2. The fraction of sp³-hybridized carbons (Fsp3) is 0.316. The highest BCUT2D eigenvalue weighted by Gasteiger charge is 2.26. The molecule has 0 amide bonds. The average molecular weight is 312 g/mol. The zero-order chi connectivity index (χ0) is 16.4. The molecule has 1 unspecified atom stereocenters. The molecule has 0 spiro atoms. The molecule has 0 fully saturated rings. The molecule has 0 radical (unpaired) electrons. The summed E-state index contributed by atoms with van der Waals surface area (Å²) in [5.74, 6) is 0.789. The maximum atomic E-state index is 14.4. The van der Waals surface area contributed by atoms with Crippen LogP contribution in [0.15, 0.2) is 54.7 Å². The number of nitrogens with zero attached hydrogens (tertiary/aromatic N) is 2. The van der Waals surface area contributed by atoms with Crippen LogP contribution in [0, 0.1) is 0 Å². The summed E-state index contributed by atoms with van der Waals surface area (Å²) in [5.41, 5.74) is 0.737. The van der Waals surface area contributed by atoms with Crippen molar-refractivity contribution >= 4 is 10.9 Å². The molecule has 23 heavy (non-hydrogen) atoms. The largest absolute Gasteiger partial charge is 0.497 e. The molecule has 2 aromatic carbocycles. The first-order valence-corrected chi connectivity index (χ1v) is 7.73. The number of aromatic nitrogens is 2. The molecule has 0 saturated heterocycles. The van der Waals surface area contributed by atoms with Gasteiger partial charge in [-0.3, -0.25) is 4.68 Å². The average Bonchev–Trinajstić information content (AvgIpc) is 2.96. The van der Waals surface area contributed by atoms with Gasteiger partial charge in [-0.25, -0.2) is 4.39 Å². The van der Waals surface area contributed by atoms with Gasteiger partial charge in [0.1, 0.15) is 11.4 Å². The van der Waals surface area contributed by atoms with Gasteiger partial charge >= 0.3 is 0 Å². The van der Waals surface area contributed by atoms with Crippen molar-refractivity contribution in [2.75, 3.05) is 7.11 Å². The van der Waals surface area contributed by atoms with Gasteiger partial charge in [0.25, 0.3) is 0 Å². The van der Waals surface area contributed by atoms with Crippen LogP contribution in [0.4, 0.5) is 4.39 Å². The molecule has 0 aliphatic heterocycles. The quantitative estimate of drug-likeness (QED) is 0.678. The Morgan fingerprint density at radius 3 is 2.48 bits per heavy atom. The van der Waals surface area contributed by atoms with E-state index in [-0.39, 0.29) is 6.04 Å². The van der Waals surface area contributed by atoms with Crippen LogP contribution >= 0.6 is 0 Å². The lowest BCUT2D eigenvalue weighted by Crippen LogP contribution is -2.22. The van der Waals surface area contributed by atoms with Crippen molar-refractivity contribution in [2.45, 2.75) is 32.0 Å². The van der Waals surface area contributed by atoms with Gasteiger partial charge in [0.15, 0.2) is 0 Å². The van der Waals surface area contributed by atoms with E-state index in [2.05, 4.69) is 5.10 Å². The Labute approximate surface area is 135 Å². The van der Waals surface area contributed by atoms with E-state index < -0.39 is 5.67 Å². The Hall–Kier alpha value is -2.36. The standard InChI is InChI=1S/C19H21FN2O/c1-19(2,20)12-18(14-8-10-16(23-3)11-9-14)22-17-7-5-4-6-15(17)13-21-22/h4-11,13,18H,12H2,1-3H3. The SMILES string of the molecule is COc1ccc(C(CC(C)(C)F)n2ncc3ccccc32)cc1. The van der Waals surface area contributed by atoms with Crippen molar-refractivity contribution in [2.24, 2.45) is 0 Å². The Kier molecular flexibility index (Phi) is 4.07. The molecule has 3 rings (SSSR count). The molecule has 0 N–H and O–H groups in total. The van der Waals surface area contributed by atoms with Crippen LogP contribution in [0.5, 0.6) is 5.75 Å². The molecule has 0 aliphatic carbocycles. The molecule has 4 heteroatoms. The molecule has 0 saturated carbocycles. The Balaban J connectivity index is 2.07. The number of rotatable bonds is 5. The number of fused-ring (bicyclic) bond motifs is 1. The monoisotopic (exact) mass is 312 g/mol. The third-order valence-electron chi connectivity index (χ3n) is 3.98. The normalized spacial score (nSPS) is 13.2. The van der Waals surface area contributed by atoms with E-state index in [0.29, 0.717) is 6.42 Å². The number of methoxy groups -OCH3 is 1. The van der Waals surface area contributed by atoms with Gasteiger partial charge in [0.2, 0.25) is 0 Å². The number of para-hydroxylation sites is 1. The van der Waals surface area contributed by atoms with E-state index in [4.69, 9.17) is 4.74 Å². The summed E-state index contributed by atoms with van der Waals surface area (Å²) >= 11 is 0. The number of halogens is 1. The smallest absolute Gasteiger partial charge is 0.118 e. The zero-order valence-electron chi connectivity index (χ0n) is 13.7. The van der Waals surface area contributed by atoms with E-state index in [1.807, 2.05) is 59.4 Å². The molecule has 3 aromatic rings. The van der Waals surface area contributed by atoms with Crippen molar-refractivity contribution in [1.29, 1.82) is 0 Å². The first kappa shape index (κ1) is 15.5. The van der Waals surface area contributed by atoms with Crippen molar-refractivity contribution in [3.8, 4) is 5.75 Å². The highest BCUT2D eigenvalue weighted by molar-refractivity contribution is 5.78. The lowest BCUT2D eigenvalue weighted by atomic mass is 9.95. The van der Waals surface area contributed by atoms with Gasteiger partial charge in [-0.15, -0.1) is 0 Å². The topological polar surface area (TPSA) is 27.1 Å². The molecule has 0 bridgehead atoms. The molecular formula is C19H21FN2O.